The smallest absolute Gasteiger partial charge is 0.347 e. The van der Waals surface area contributed by atoms with E-state index in [1.165, 1.54) is 5.56 Å². The zero-order chi connectivity index (χ0) is 16.1. The van der Waals surface area contributed by atoms with Crippen molar-refractivity contribution in [3.8, 4) is 5.75 Å². The number of aliphatic imine (C=N–C) groups is 1. The van der Waals surface area contributed by atoms with Crippen LogP contribution >= 0.6 is 0 Å². The van der Waals surface area contributed by atoms with Crippen LogP contribution in [0.3, 0.4) is 0 Å². The Kier molecular flexibility index (Phi) is 4.88. The second-order valence-electron chi connectivity index (χ2n) is 5.13. The van der Waals surface area contributed by atoms with Crippen LogP contribution in [0.1, 0.15) is 25.3 Å². The Hall–Kier alpha value is -2.70. The summed E-state index contributed by atoms with van der Waals surface area (Å²) in [4.78, 5) is 37.4. The number of carbonyl (C=O) groups excluding carboxylic acids is 3. The molecule has 116 valence electrons. The molecule has 4 amide bonds. The third-order valence-corrected chi connectivity index (χ3v) is 3.09. The van der Waals surface area contributed by atoms with Gasteiger partial charge < -0.3 is 10.1 Å². The minimum Gasteiger partial charge on any atom is -0.484 e. The molecule has 0 bridgehead atoms. The van der Waals surface area contributed by atoms with Gasteiger partial charge in [-0.2, -0.15) is 0 Å². The van der Waals surface area contributed by atoms with Gasteiger partial charge in [-0.05, 0) is 23.6 Å². The third-order valence-electron chi connectivity index (χ3n) is 3.09. The standard InChI is InChI=1S/C15H17N3O4/c1-9(2)10-3-5-11(6-4-10)22-8-13(19)17-12-7-16-15(21)18-14(12)20/h3-7,9,12H,8H2,1-2H3,(H,17,19)(H,18,20,21). The van der Waals surface area contributed by atoms with Crippen LogP contribution in [0.5, 0.6) is 5.75 Å². The minimum atomic E-state index is -0.961. The number of urea groups is 1. The Morgan fingerprint density at radius 1 is 1.32 bits per heavy atom. The van der Waals surface area contributed by atoms with Gasteiger partial charge in [0.05, 0.1) is 0 Å². The zero-order valence-electron chi connectivity index (χ0n) is 12.3. The summed E-state index contributed by atoms with van der Waals surface area (Å²) in [5.41, 5.74) is 1.18. The number of hydrogen-bond acceptors (Lipinski definition) is 4. The fraction of sp³-hybridized carbons (Fsp3) is 0.333. The van der Waals surface area contributed by atoms with E-state index in [1.54, 1.807) is 12.1 Å². The molecular formula is C15H17N3O4. The van der Waals surface area contributed by atoms with Crippen LogP contribution in [0, 0.1) is 0 Å². The second kappa shape index (κ2) is 6.84. The summed E-state index contributed by atoms with van der Waals surface area (Å²) >= 11 is 0. The normalized spacial score (nSPS) is 17.3. The van der Waals surface area contributed by atoms with Crippen molar-refractivity contribution in [2.24, 2.45) is 4.99 Å². The molecule has 0 spiro atoms. The van der Waals surface area contributed by atoms with Gasteiger partial charge in [-0.3, -0.25) is 14.9 Å². The Balaban J connectivity index is 1.84. The van der Waals surface area contributed by atoms with Crippen molar-refractivity contribution in [3.05, 3.63) is 29.8 Å². The summed E-state index contributed by atoms with van der Waals surface area (Å²) in [6.07, 6.45) is 1.09. The molecule has 2 N–H and O–H groups in total. The van der Waals surface area contributed by atoms with Crippen LogP contribution in [-0.2, 0) is 9.59 Å². The first-order valence-corrected chi connectivity index (χ1v) is 6.87. The quantitative estimate of drug-likeness (QED) is 0.848. The van der Waals surface area contributed by atoms with Gasteiger partial charge in [0.2, 0.25) is 0 Å². The lowest BCUT2D eigenvalue weighted by Gasteiger charge is -2.16. The van der Waals surface area contributed by atoms with E-state index < -0.39 is 23.9 Å². The maximum absolute atomic E-state index is 11.7. The molecule has 0 saturated heterocycles. The van der Waals surface area contributed by atoms with Crippen molar-refractivity contribution in [1.29, 1.82) is 0 Å². The van der Waals surface area contributed by atoms with Gasteiger partial charge in [0.15, 0.2) is 6.61 Å². The molecule has 0 aliphatic carbocycles. The van der Waals surface area contributed by atoms with Gasteiger partial charge in [0.1, 0.15) is 11.8 Å². The molecule has 2 rings (SSSR count). The Morgan fingerprint density at radius 2 is 2.00 bits per heavy atom. The van der Waals surface area contributed by atoms with E-state index in [1.807, 2.05) is 17.4 Å². The average molecular weight is 303 g/mol. The van der Waals surface area contributed by atoms with Crippen LogP contribution in [0.2, 0.25) is 0 Å². The Bertz CT molecular complexity index is 608. The molecule has 7 heteroatoms. The number of ether oxygens (including phenoxy) is 1. The third kappa shape index (κ3) is 4.15. The summed E-state index contributed by atoms with van der Waals surface area (Å²) in [5, 5.41) is 4.41. The van der Waals surface area contributed by atoms with Crippen molar-refractivity contribution < 1.29 is 19.1 Å². The topological polar surface area (TPSA) is 96.9 Å². The first kappa shape index (κ1) is 15.7. The molecule has 1 unspecified atom stereocenters. The number of nitrogens with zero attached hydrogens (tertiary/aromatic N) is 1. The van der Waals surface area contributed by atoms with Gasteiger partial charge >= 0.3 is 6.03 Å². The monoisotopic (exact) mass is 303 g/mol. The highest BCUT2D eigenvalue weighted by molar-refractivity contribution is 6.13. The summed E-state index contributed by atoms with van der Waals surface area (Å²) in [6.45, 7) is 3.95. The number of nitrogens with one attached hydrogen (secondary N) is 2. The van der Waals surface area contributed by atoms with E-state index in [0.29, 0.717) is 11.7 Å². The molecule has 1 aliphatic heterocycles. The van der Waals surface area contributed by atoms with E-state index in [0.717, 1.165) is 6.21 Å². The van der Waals surface area contributed by atoms with E-state index in [4.69, 9.17) is 4.74 Å². The highest BCUT2D eigenvalue weighted by Gasteiger charge is 2.24. The van der Waals surface area contributed by atoms with Crippen LogP contribution < -0.4 is 15.4 Å². The molecule has 22 heavy (non-hydrogen) atoms. The predicted molar refractivity (Wildman–Crippen MR) is 80.0 cm³/mol. The molecule has 0 aromatic heterocycles. The second-order valence-corrected chi connectivity index (χ2v) is 5.13. The SMILES string of the molecule is CC(C)c1ccc(OCC(=O)NC2C=NC(=O)NC2=O)cc1. The minimum absolute atomic E-state index is 0.230. The average Bonchev–Trinajstić information content (AvgIpc) is 2.48. The summed E-state index contributed by atoms with van der Waals surface area (Å²) in [6, 6.07) is 5.75. The lowest BCUT2D eigenvalue weighted by Crippen LogP contribution is -2.52. The van der Waals surface area contributed by atoms with Gasteiger partial charge in [-0.25, -0.2) is 9.79 Å². The highest BCUT2D eigenvalue weighted by atomic mass is 16.5. The number of amides is 4. The molecular weight excluding hydrogens is 286 g/mol. The van der Waals surface area contributed by atoms with Gasteiger partial charge in [-0.1, -0.05) is 26.0 Å². The largest absolute Gasteiger partial charge is 0.484 e. The van der Waals surface area contributed by atoms with E-state index in [-0.39, 0.29) is 6.61 Å². The molecule has 1 atom stereocenters. The number of imide groups is 1. The first-order valence-electron chi connectivity index (χ1n) is 6.87. The van der Waals surface area contributed by atoms with E-state index in [9.17, 15) is 14.4 Å². The predicted octanol–water partition coefficient (Wildman–Crippen LogP) is 0.994. The fourth-order valence-corrected chi connectivity index (χ4v) is 1.84. The highest BCUT2D eigenvalue weighted by Crippen LogP contribution is 2.18. The maximum atomic E-state index is 11.7. The summed E-state index contributed by atoms with van der Waals surface area (Å²) in [5.74, 6) is -0.107. The lowest BCUT2D eigenvalue weighted by atomic mass is 10.0. The Morgan fingerprint density at radius 3 is 2.59 bits per heavy atom. The maximum Gasteiger partial charge on any atom is 0.347 e. The zero-order valence-corrected chi connectivity index (χ0v) is 12.3. The van der Waals surface area contributed by atoms with E-state index in [2.05, 4.69) is 24.2 Å². The molecule has 0 saturated carbocycles. The van der Waals surface area contributed by atoms with Gasteiger partial charge in [0.25, 0.3) is 11.8 Å². The van der Waals surface area contributed by atoms with Crippen LogP contribution in [-0.4, -0.2) is 36.7 Å². The molecule has 0 fully saturated rings. The van der Waals surface area contributed by atoms with Crippen LogP contribution in [0.4, 0.5) is 4.79 Å². The van der Waals surface area contributed by atoms with Crippen molar-refractivity contribution in [3.63, 3.8) is 0 Å². The molecule has 0 radical (unpaired) electrons. The van der Waals surface area contributed by atoms with Crippen LogP contribution in [0.25, 0.3) is 0 Å². The first-order chi connectivity index (χ1) is 10.5. The van der Waals surface area contributed by atoms with E-state index >= 15 is 0 Å². The number of hydrogen-bond donors (Lipinski definition) is 2. The number of rotatable bonds is 5. The van der Waals surface area contributed by atoms with Gasteiger partial charge in [-0.15, -0.1) is 0 Å². The number of carbonyl (C=O) groups is 3. The van der Waals surface area contributed by atoms with Crippen molar-refractivity contribution in [2.75, 3.05) is 6.61 Å². The van der Waals surface area contributed by atoms with Gasteiger partial charge in [0, 0.05) is 6.21 Å². The summed E-state index contributed by atoms with van der Waals surface area (Å²) in [7, 11) is 0. The molecule has 1 heterocycles. The molecule has 1 aromatic carbocycles. The van der Waals surface area contributed by atoms with Crippen molar-refractivity contribution in [2.45, 2.75) is 25.8 Å². The van der Waals surface area contributed by atoms with Crippen LogP contribution in [0.15, 0.2) is 29.3 Å². The molecule has 7 nitrogen and oxygen atoms in total. The molecule has 1 aromatic rings. The Labute approximate surface area is 127 Å². The number of benzene rings is 1. The molecule has 1 aliphatic rings. The lowest BCUT2D eigenvalue weighted by molar-refractivity contribution is -0.128. The summed E-state index contributed by atoms with van der Waals surface area (Å²) < 4.78 is 5.35. The fourth-order valence-electron chi connectivity index (χ4n) is 1.84. The van der Waals surface area contributed by atoms with Crippen molar-refractivity contribution >= 4 is 24.1 Å². The van der Waals surface area contributed by atoms with Crippen molar-refractivity contribution in [1.82, 2.24) is 10.6 Å².